The number of nitrogens with zero attached hydrogens (tertiary/aromatic N) is 1. The minimum atomic E-state index is -0.650. The van der Waals surface area contributed by atoms with Gasteiger partial charge < -0.3 is 24.6 Å². The molecule has 9 heteroatoms. The topological polar surface area (TPSA) is 106 Å². The molecule has 0 fully saturated rings. The van der Waals surface area contributed by atoms with E-state index in [2.05, 4.69) is 10.3 Å². The van der Waals surface area contributed by atoms with Gasteiger partial charge in [0.2, 0.25) is 5.90 Å². The van der Waals surface area contributed by atoms with Crippen LogP contribution in [0.2, 0.25) is 0 Å². The summed E-state index contributed by atoms with van der Waals surface area (Å²) in [5.74, 6) is 0.208. The second kappa shape index (κ2) is 10.4. The predicted molar refractivity (Wildman–Crippen MR) is 125 cm³/mol. The van der Waals surface area contributed by atoms with Gasteiger partial charge in [-0.15, -0.1) is 11.8 Å². The molecule has 4 aliphatic rings. The molecule has 0 aromatic carbocycles. The molecule has 4 rings (SSSR count). The average Bonchev–Trinajstić information content (AvgIpc) is 3.45. The highest BCUT2D eigenvalue weighted by Crippen LogP contribution is 2.28. The van der Waals surface area contributed by atoms with Gasteiger partial charge in [0.1, 0.15) is 12.3 Å². The minimum absolute atomic E-state index is 0.159. The predicted octanol–water partition coefficient (Wildman–Crippen LogP) is 2.66. The lowest BCUT2D eigenvalue weighted by molar-refractivity contribution is -0.145. The SMILES string of the molecule is COC1C=C(/C=C2/N=C(C3C=CC(N[C@H](C)O)=CC3)OC2=O)C=CC1OC(=O)C1=CCCS1. The number of aliphatic hydroxyl groups is 1. The molecule has 4 atom stereocenters. The highest BCUT2D eigenvalue weighted by molar-refractivity contribution is 8.04. The first-order chi connectivity index (χ1) is 15.9. The number of allylic oxidation sites excluding steroid dienone is 6. The maximum Gasteiger partial charge on any atom is 0.363 e. The molecule has 0 aromatic rings. The van der Waals surface area contributed by atoms with Gasteiger partial charge in [0.05, 0.1) is 10.8 Å². The van der Waals surface area contributed by atoms with Gasteiger partial charge in [0.15, 0.2) is 11.8 Å². The van der Waals surface area contributed by atoms with Crippen molar-refractivity contribution in [3.8, 4) is 0 Å². The van der Waals surface area contributed by atoms with Crippen molar-refractivity contribution in [3.05, 3.63) is 70.5 Å². The average molecular weight is 471 g/mol. The van der Waals surface area contributed by atoms with E-state index in [0.717, 1.165) is 17.9 Å². The third kappa shape index (κ3) is 5.73. The summed E-state index contributed by atoms with van der Waals surface area (Å²) in [6, 6.07) is 0. The Bertz CT molecular complexity index is 1030. The Morgan fingerprint density at radius 1 is 1.33 bits per heavy atom. The molecule has 0 bridgehead atoms. The molecule has 2 aliphatic heterocycles. The van der Waals surface area contributed by atoms with E-state index in [1.807, 2.05) is 24.3 Å². The van der Waals surface area contributed by atoms with Gasteiger partial charge >= 0.3 is 11.9 Å². The van der Waals surface area contributed by atoms with Gasteiger partial charge in [0, 0.05) is 18.6 Å². The number of hydrogen-bond acceptors (Lipinski definition) is 9. The molecule has 0 amide bonds. The van der Waals surface area contributed by atoms with Gasteiger partial charge in [-0.2, -0.15) is 0 Å². The lowest BCUT2D eigenvalue weighted by atomic mass is 9.99. The number of methoxy groups -OCH3 is 1. The van der Waals surface area contributed by atoms with Gasteiger partial charge in [-0.25, -0.2) is 14.6 Å². The molecular formula is C24H26N2O6S. The lowest BCUT2D eigenvalue weighted by Gasteiger charge is -2.24. The Morgan fingerprint density at radius 2 is 2.18 bits per heavy atom. The second-order valence-corrected chi connectivity index (χ2v) is 8.99. The summed E-state index contributed by atoms with van der Waals surface area (Å²) in [5.41, 5.74) is 1.72. The van der Waals surface area contributed by atoms with Crippen LogP contribution in [0, 0.1) is 5.92 Å². The summed E-state index contributed by atoms with van der Waals surface area (Å²) >= 11 is 1.49. The molecule has 0 spiro atoms. The summed E-state index contributed by atoms with van der Waals surface area (Å²) in [4.78, 5) is 29.7. The highest BCUT2D eigenvalue weighted by atomic mass is 32.2. The number of aliphatic hydroxyl groups excluding tert-OH is 1. The summed E-state index contributed by atoms with van der Waals surface area (Å²) in [6.45, 7) is 1.64. The van der Waals surface area contributed by atoms with Crippen LogP contribution in [0.15, 0.2) is 75.5 Å². The van der Waals surface area contributed by atoms with Crippen LogP contribution >= 0.6 is 11.8 Å². The molecule has 2 heterocycles. The Labute approximate surface area is 196 Å². The van der Waals surface area contributed by atoms with E-state index < -0.39 is 24.4 Å². The van der Waals surface area contributed by atoms with Gasteiger partial charge in [0.25, 0.3) is 0 Å². The normalized spacial score (nSPS) is 28.6. The van der Waals surface area contributed by atoms with Crippen LogP contribution in [-0.2, 0) is 23.8 Å². The third-order valence-corrected chi connectivity index (χ3v) is 6.40. The van der Waals surface area contributed by atoms with E-state index in [4.69, 9.17) is 14.2 Å². The summed E-state index contributed by atoms with van der Waals surface area (Å²) < 4.78 is 16.5. The monoisotopic (exact) mass is 470 g/mol. The maximum atomic E-state index is 12.4. The van der Waals surface area contributed by atoms with E-state index in [1.54, 1.807) is 38.3 Å². The van der Waals surface area contributed by atoms with Crippen LogP contribution in [0.3, 0.4) is 0 Å². The maximum absolute atomic E-state index is 12.4. The van der Waals surface area contributed by atoms with Crippen LogP contribution in [-0.4, -0.2) is 54.2 Å². The number of rotatable bonds is 7. The van der Waals surface area contributed by atoms with Crippen molar-refractivity contribution in [1.29, 1.82) is 0 Å². The van der Waals surface area contributed by atoms with Gasteiger partial charge in [-0.1, -0.05) is 24.3 Å². The number of cyclic esters (lactones) is 1. The molecule has 2 aliphatic carbocycles. The number of esters is 2. The minimum Gasteiger partial charge on any atom is -0.451 e. The molecular weight excluding hydrogens is 444 g/mol. The number of hydrogen-bond donors (Lipinski definition) is 2. The van der Waals surface area contributed by atoms with Crippen molar-refractivity contribution in [2.75, 3.05) is 12.9 Å². The van der Waals surface area contributed by atoms with Gasteiger partial charge in [-0.05, 0) is 49.6 Å². The molecule has 174 valence electrons. The van der Waals surface area contributed by atoms with Crippen LogP contribution in [0.1, 0.15) is 19.8 Å². The Hall–Kier alpha value is -2.88. The smallest absolute Gasteiger partial charge is 0.363 e. The Morgan fingerprint density at radius 3 is 2.85 bits per heavy atom. The summed E-state index contributed by atoms with van der Waals surface area (Å²) in [7, 11) is 1.54. The van der Waals surface area contributed by atoms with Crippen molar-refractivity contribution in [2.45, 2.75) is 38.2 Å². The quantitative estimate of drug-likeness (QED) is 0.332. The zero-order chi connectivity index (χ0) is 23.4. The van der Waals surface area contributed by atoms with Crippen molar-refractivity contribution in [3.63, 3.8) is 0 Å². The Balaban J connectivity index is 1.41. The van der Waals surface area contributed by atoms with Crippen LogP contribution < -0.4 is 5.32 Å². The van der Waals surface area contributed by atoms with Crippen molar-refractivity contribution in [1.82, 2.24) is 5.32 Å². The number of thioether (sulfide) groups is 1. The first-order valence-corrected chi connectivity index (χ1v) is 11.7. The van der Waals surface area contributed by atoms with Crippen LogP contribution in [0.4, 0.5) is 0 Å². The molecule has 0 saturated heterocycles. The number of carbonyl (C=O) groups excluding carboxylic acids is 2. The first kappa shape index (κ1) is 23.3. The molecule has 8 nitrogen and oxygen atoms in total. The number of carbonyl (C=O) groups is 2. The zero-order valence-corrected chi connectivity index (χ0v) is 19.2. The largest absolute Gasteiger partial charge is 0.451 e. The van der Waals surface area contributed by atoms with Crippen LogP contribution in [0.5, 0.6) is 0 Å². The van der Waals surface area contributed by atoms with E-state index in [1.165, 1.54) is 11.8 Å². The van der Waals surface area contributed by atoms with Crippen LogP contribution in [0.25, 0.3) is 0 Å². The Kier molecular flexibility index (Phi) is 7.32. The fraction of sp³-hybridized carbons (Fsp3) is 0.375. The standard InChI is InChI=1S/C24H26N2O6S/c1-14(27)25-17-8-6-16(7-9-17)22-26-18(23(28)32-22)12-15-5-10-19(20(13-15)30-2)31-24(29)21-4-3-11-33-21/h4-6,8-10,12-14,16,19-20,25,27H,3,7,11H2,1-2H3/b18-12+/t14-,16?,19?,20?/m0/s1. The molecule has 0 aromatic heterocycles. The van der Waals surface area contributed by atoms with E-state index >= 15 is 0 Å². The zero-order valence-electron chi connectivity index (χ0n) is 18.4. The second-order valence-electron chi connectivity index (χ2n) is 7.85. The number of ether oxygens (including phenoxy) is 3. The number of nitrogens with one attached hydrogen (secondary N) is 1. The fourth-order valence-electron chi connectivity index (χ4n) is 3.70. The number of aliphatic imine (C=N–C) groups is 1. The van der Waals surface area contributed by atoms with Gasteiger partial charge in [-0.3, -0.25) is 0 Å². The molecule has 0 radical (unpaired) electrons. The van der Waals surface area contributed by atoms with Crippen molar-refractivity contribution >= 4 is 29.6 Å². The van der Waals surface area contributed by atoms with Crippen molar-refractivity contribution < 1.29 is 28.9 Å². The molecule has 2 N–H and O–H groups in total. The fourth-order valence-corrected chi connectivity index (χ4v) is 4.55. The third-order valence-electron chi connectivity index (χ3n) is 5.31. The summed E-state index contributed by atoms with van der Waals surface area (Å²) in [6.07, 6.45) is 14.2. The lowest BCUT2D eigenvalue weighted by Crippen LogP contribution is -2.31. The summed E-state index contributed by atoms with van der Waals surface area (Å²) in [5, 5.41) is 12.3. The van der Waals surface area contributed by atoms with Crippen molar-refractivity contribution in [2.24, 2.45) is 10.9 Å². The highest BCUT2D eigenvalue weighted by Gasteiger charge is 2.30. The molecule has 0 saturated carbocycles. The van der Waals surface area contributed by atoms with E-state index in [0.29, 0.717) is 22.8 Å². The first-order valence-electron chi connectivity index (χ1n) is 10.7. The molecule has 3 unspecified atom stereocenters. The van der Waals surface area contributed by atoms with E-state index in [-0.39, 0.29) is 17.6 Å². The van der Waals surface area contributed by atoms with E-state index in [9.17, 15) is 14.7 Å². The molecule has 33 heavy (non-hydrogen) atoms.